The molecule has 144 valence electrons. The number of halogens is 2. The Morgan fingerprint density at radius 3 is 2.62 bits per heavy atom. The second-order valence-corrected chi connectivity index (χ2v) is 7.58. The first kappa shape index (κ1) is 22.0. The van der Waals surface area contributed by atoms with Gasteiger partial charge in [-0.2, -0.15) is 5.26 Å². The van der Waals surface area contributed by atoms with E-state index >= 15 is 0 Å². The van der Waals surface area contributed by atoms with Crippen molar-refractivity contribution in [1.29, 1.82) is 5.26 Å². The van der Waals surface area contributed by atoms with Gasteiger partial charge in [0.25, 0.3) is 0 Å². The lowest BCUT2D eigenvalue weighted by atomic mass is 9.96. The Morgan fingerprint density at radius 1 is 1.54 bits per heavy atom. The summed E-state index contributed by atoms with van der Waals surface area (Å²) in [6.07, 6.45) is 1.35. The number of anilines is 1. The zero-order valence-corrected chi connectivity index (χ0v) is 16.6. The van der Waals surface area contributed by atoms with Gasteiger partial charge in [0.05, 0.1) is 11.6 Å². The fourth-order valence-electron chi connectivity index (χ4n) is 2.93. The van der Waals surface area contributed by atoms with Crippen molar-refractivity contribution in [1.82, 2.24) is 9.88 Å². The summed E-state index contributed by atoms with van der Waals surface area (Å²) >= 11 is 5.91. The number of aromatic nitrogens is 1. The summed E-state index contributed by atoms with van der Waals surface area (Å²) in [5, 5.41) is 21.5. The van der Waals surface area contributed by atoms with Crippen LogP contribution in [0.1, 0.15) is 59.4 Å². The standard InChI is InChI=1S/C18H26ClFN4O2/c1-6-7-8-14(11(2)24(17(25)26)18(3,4)5)22-16-13(20)9-12(10-21)15(19)23-16/h9,11,14H,6-8H2,1-5H3,(H,22,23)(H,25,26)/t11-,14-/m0/s1. The van der Waals surface area contributed by atoms with Crippen LogP contribution in [0.25, 0.3) is 0 Å². The monoisotopic (exact) mass is 384 g/mol. The minimum atomic E-state index is -1.04. The molecule has 2 atom stereocenters. The van der Waals surface area contributed by atoms with Gasteiger partial charge in [-0.05, 0) is 40.2 Å². The SMILES string of the molecule is CCCC[C@H](Nc1nc(Cl)c(C#N)cc1F)[C@H](C)N(C(=O)O)C(C)(C)C. The number of amides is 1. The molecular weight excluding hydrogens is 359 g/mol. The number of rotatable bonds is 7. The molecule has 0 spiro atoms. The molecule has 0 unspecified atom stereocenters. The van der Waals surface area contributed by atoms with Crippen LogP contribution in [-0.2, 0) is 0 Å². The molecule has 1 aromatic rings. The molecule has 6 nitrogen and oxygen atoms in total. The molecule has 0 radical (unpaired) electrons. The van der Waals surface area contributed by atoms with Crippen molar-refractivity contribution < 1.29 is 14.3 Å². The molecule has 26 heavy (non-hydrogen) atoms. The van der Waals surface area contributed by atoms with Gasteiger partial charge >= 0.3 is 6.09 Å². The molecular formula is C18H26ClFN4O2. The van der Waals surface area contributed by atoms with Crippen LogP contribution in [0.3, 0.4) is 0 Å². The molecule has 0 saturated carbocycles. The van der Waals surface area contributed by atoms with E-state index in [-0.39, 0.29) is 22.6 Å². The summed E-state index contributed by atoms with van der Waals surface area (Å²) in [7, 11) is 0. The lowest BCUT2D eigenvalue weighted by molar-refractivity contribution is 0.0682. The van der Waals surface area contributed by atoms with Gasteiger partial charge in [0.15, 0.2) is 11.6 Å². The van der Waals surface area contributed by atoms with Crippen LogP contribution < -0.4 is 5.32 Å². The van der Waals surface area contributed by atoms with Crippen molar-refractivity contribution in [2.45, 2.75) is 71.5 Å². The van der Waals surface area contributed by atoms with Gasteiger partial charge in [-0.25, -0.2) is 14.2 Å². The van der Waals surface area contributed by atoms with Crippen LogP contribution in [0.4, 0.5) is 15.0 Å². The lowest BCUT2D eigenvalue weighted by Gasteiger charge is -2.41. The second kappa shape index (κ2) is 9.04. The van der Waals surface area contributed by atoms with E-state index in [4.69, 9.17) is 16.9 Å². The molecule has 1 rings (SSSR count). The highest BCUT2D eigenvalue weighted by Gasteiger charge is 2.35. The third kappa shape index (κ3) is 5.46. The van der Waals surface area contributed by atoms with E-state index in [9.17, 15) is 14.3 Å². The summed E-state index contributed by atoms with van der Waals surface area (Å²) < 4.78 is 14.3. The second-order valence-electron chi connectivity index (χ2n) is 7.23. The zero-order valence-electron chi connectivity index (χ0n) is 15.8. The Kier molecular flexibility index (Phi) is 7.64. The number of carbonyl (C=O) groups is 1. The third-order valence-corrected chi connectivity index (χ3v) is 4.45. The highest BCUT2D eigenvalue weighted by atomic mass is 35.5. The average molecular weight is 385 g/mol. The van der Waals surface area contributed by atoms with E-state index in [0.717, 1.165) is 18.9 Å². The molecule has 1 aromatic heterocycles. The maximum atomic E-state index is 14.3. The van der Waals surface area contributed by atoms with E-state index in [1.165, 1.54) is 4.90 Å². The third-order valence-electron chi connectivity index (χ3n) is 4.16. The van der Waals surface area contributed by atoms with Gasteiger partial charge in [0, 0.05) is 11.6 Å². The molecule has 0 aliphatic carbocycles. The highest BCUT2D eigenvalue weighted by Crippen LogP contribution is 2.26. The summed E-state index contributed by atoms with van der Waals surface area (Å²) in [5.74, 6) is -0.779. The highest BCUT2D eigenvalue weighted by molar-refractivity contribution is 6.30. The smallest absolute Gasteiger partial charge is 0.408 e. The van der Waals surface area contributed by atoms with Gasteiger partial charge in [0.2, 0.25) is 0 Å². The minimum absolute atomic E-state index is 0.0465. The first-order chi connectivity index (χ1) is 12.0. The Morgan fingerprint density at radius 2 is 2.15 bits per heavy atom. The quantitative estimate of drug-likeness (QED) is 0.653. The van der Waals surface area contributed by atoms with Crippen molar-refractivity contribution in [2.75, 3.05) is 5.32 Å². The van der Waals surface area contributed by atoms with E-state index < -0.39 is 23.5 Å². The van der Waals surface area contributed by atoms with Gasteiger partial charge in [-0.3, -0.25) is 4.90 Å². The largest absolute Gasteiger partial charge is 0.465 e. The predicted molar refractivity (Wildman–Crippen MR) is 99.9 cm³/mol. The van der Waals surface area contributed by atoms with Crippen molar-refractivity contribution in [3.8, 4) is 6.07 Å². The number of nitriles is 1. The van der Waals surface area contributed by atoms with Crippen molar-refractivity contribution in [2.24, 2.45) is 0 Å². The molecule has 0 saturated heterocycles. The normalized spacial score (nSPS) is 13.6. The number of unbranched alkanes of at least 4 members (excludes halogenated alkanes) is 1. The van der Waals surface area contributed by atoms with Crippen LogP contribution in [0.2, 0.25) is 5.15 Å². The Labute approximate surface area is 159 Å². The number of nitrogens with one attached hydrogen (secondary N) is 1. The van der Waals surface area contributed by atoms with Crippen LogP contribution in [0.15, 0.2) is 6.07 Å². The van der Waals surface area contributed by atoms with Crippen LogP contribution in [0, 0.1) is 17.1 Å². The Balaban J connectivity index is 3.20. The maximum Gasteiger partial charge on any atom is 0.408 e. The van der Waals surface area contributed by atoms with Gasteiger partial charge < -0.3 is 10.4 Å². The number of hydrogen-bond acceptors (Lipinski definition) is 4. The molecule has 1 heterocycles. The number of hydrogen-bond donors (Lipinski definition) is 2. The first-order valence-electron chi connectivity index (χ1n) is 8.57. The van der Waals surface area contributed by atoms with E-state index in [1.54, 1.807) is 13.0 Å². The predicted octanol–water partition coefficient (Wildman–Crippen LogP) is 4.88. The van der Waals surface area contributed by atoms with Gasteiger partial charge in [0.1, 0.15) is 11.2 Å². The molecule has 1 amide bonds. The maximum absolute atomic E-state index is 14.3. The molecule has 8 heteroatoms. The number of nitrogens with zero attached hydrogens (tertiary/aromatic N) is 3. The summed E-state index contributed by atoms with van der Waals surface area (Å²) in [5.41, 5.74) is -0.666. The fourth-order valence-corrected chi connectivity index (χ4v) is 3.11. The Bertz CT molecular complexity index is 685. The topological polar surface area (TPSA) is 89.3 Å². The molecule has 0 aliphatic rings. The molecule has 0 fully saturated rings. The van der Waals surface area contributed by atoms with E-state index in [1.807, 2.05) is 27.7 Å². The summed E-state index contributed by atoms with van der Waals surface area (Å²) in [6, 6.07) is 2.00. The molecule has 0 bridgehead atoms. The molecule has 0 aliphatic heterocycles. The van der Waals surface area contributed by atoms with Crippen molar-refractivity contribution in [3.05, 3.63) is 22.6 Å². The summed E-state index contributed by atoms with van der Waals surface area (Å²) in [6.45, 7) is 9.25. The first-order valence-corrected chi connectivity index (χ1v) is 8.95. The van der Waals surface area contributed by atoms with Gasteiger partial charge in [-0.15, -0.1) is 0 Å². The summed E-state index contributed by atoms with van der Waals surface area (Å²) in [4.78, 5) is 17.1. The zero-order chi connectivity index (χ0) is 20.1. The average Bonchev–Trinajstić information content (AvgIpc) is 2.52. The minimum Gasteiger partial charge on any atom is -0.465 e. The molecule has 0 aromatic carbocycles. The number of carboxylic acid groups (broad SMARTS) is 1. The van der Waals surface area contributed by atoms with Crippen LogP contribution in [0.5, 0.6) is 0 Å². The Hall–Kier alpha value is -2.07. The lowest BCUT2D eigenvalue weighted by Crippen LogP contribution is -2.55. The molecule has 2 N–H and O–H groups in total. The van der Waals surface area contributed by atoms with E-state index in [0.29, 0.717) is 6.42 Å². The van der Waals surface area contributed by atoms with E-state index in [2.05, 4.69) is 10.3 Å². The fraction of sp³-hybridized carbons (Fsp3) is 0.611. The van der Waals surface area contributed by atoms with Crippen LogP contribution >= 0.6 is 11.6 Å². The van der Waals surface area contributed by atoms with Crippen molar-refractivity contribution >= 4 is 23.5 Å². The van der Waals surface area contributed by atoms with Crippen molar-refractivity contribution in [3.63, 3.8) is 0 Å². The van der Waals surface area contributed by atoms with Crippen LogP contribution in [-0.4, -0.2) is 38.7 Å². The van der Waals surface area contributed by atoms with Gasteiger partial charge in [-0.1, -0.05) is 31.4 Å². The number of pyridine rings is 1.